The fourth-order valence-corrected chi connectivity index (χ4v) is 2.00. The topological polar surface area (TPSA) is 12.5 Å². The van der Waals surface area contributed by atoms with Crippen LogP contribution in [-0.2, 0) is 4.74 Å². The van der Waals surface area contributed by atoms with Crippen LogP contribution in [0.15, 0.2) is 0 Å². The van der Waals surface area contributed by atoms with E-state index in [9.17, 15) is 0 Å². The normalized spacial score (nSPS) is 21.2. The van der Waals surface area contributed by atoms with E-state index in [-0.39, 0.29) is 5.60 Å². The first kappa shape index (κ1) is 13.0. The van der Waals surface area contributed by atoms with Gasteiger partial charge < -0.3 is 9.64 Å². The maximum absolute atomic E-state index is 5.85. The number of rotatable bonds is 3. The van der Waals surface area contributed by atoms with E-state index in [0.29, 0.717) is 6.04 Å². The lowest BCUT2D eigenvalue weighted by molar-refractivity contribution is -0.0339. The molecular formula is C13H27NO. The van der Waals surface area contributed by atoms with Gasteiger partial charge in [-0.25, -0.2) is 0 Å². The molecule has 0 spiro atoms. The molecule has 0 aromatic carbocycles. The first-order valence-electron chi connectivity index (χ1n) is 6.26. The zero-order valence-corrected chi connectivity index (χ0v) is 11.0. The van der Waals surface area contributed by atoms with Gasteiger partial charge in [0.25, 0.3) is 0 Å². The van der Waals surface area contributed by atoms with Gasteiger partial charge in [0, 0.05) is 6.04 Å². The molecule has 1 aliphatic rings. The maximum atomic E-state index is 5.85. The van der Waals surface area contributed by atoms with Crippen LogP contribution in [0, 0.1) is 5.92 Å². The molecular weight excluding hydrogens is 186 g/mol. The molecule has 1 rings (SSSR count). The Morgan fingerprint density at radius 3 is 2.13 bits per heavy atom. The van der Waals surface area contributed by atoms with Gasteiger partial charge in [0.1, 0.15) is 0 Å². The summed E-state index contributed by atoms with van der Waals surface area (Å²) in [5, 5.41) is 0. The van der Waals surface area contributed by atoms with Crippen LogP contribution in [0.1, 0.15) is 47.5 Å². The predicted octanol–water partition coefficient (Wildman–Crippen LogP) is 2.92. The van der Waals surface area contributed by atoms with Crippen molar-refractivity contribution in [2.75, 3.05) is 19.7 Å². The lowest BCUT2D eigenvalue weighted by Crippen LogP contribution is -2.40. The Kier molecular flexibility index (Phi) is 4.60. The van der Waals surface area contributed by atoms with Crippen LogP contribution < -0.4 is 0 Å². The standard InChI is InChI=1S/C13H27NO/c1-11(2)14-8-6-12(7-9-14)10-15-13(3,4)5/h11-12H,6-10H2,1-5H3. The van der Waals surface area contributed by atoms with Gasteiger partial charge in [-0.05, 0) is 66.5 Å². The van der Waals surface area contributed by atoms with Crippen molar-refractivity contribution in [3.63, 3.8) is 0 Å². The molecule has 1 aliphatic heterocycles. The minimum Gasteiger partial charge on any atom is -0.376 e. The second-order valence-corrected chi connectivity index (χ2v) is 6.00. The molecule has 0 saturated carbocycles. The van der Waals surface area contributed by atoms with E-state index >= 15 is 0 Å². The molecule has 0 bridgehead atoms. The van der Waals surface area contributed by atoms with Crippen LogP contribution in [0.25, 0.3) is 0 Å². The van der Waals surface area contributed by atoms with Gasteiger partial charge >= 0.3 is 0 Å². The minimum absolute atomic E-state index is 0.0230. The number of likely N-dealkylation sites (tertiary alicyclic amines) is 1. The fraction of sp³-hybridized carbons (Fsp3) is 1.00. The average molecular weight is 213 g/mol. The molecule has 90 valence electrons. The Balaban J connectivity index is 2.20. The quantitative estimate of drug-likeness (QED) is 0.714. The molecule has 0 radical (unpaired) electrons. The molecule has 0 amide bonds. The monoisotopic (exact) mass is 213 g/mol. The second-order valence-electron chi connectivity index (χ2n) is 6.00. The van der Waals surface area contributed by atoms with Crippen molar-refractivity contribution in [3.8, 4) is 0 Å². The van der Waals surface area contributed by atoms with Gasteiger partial charge in [0.05, 0.1) is 12.2 Å². The summed E-state index contributed by atoms with van der Waals surface area (Å²) < 4.78 is 5.85. The molecule has 0 aliphatic carbocycles. The molecule has 2 heteroatoms. The number of piperidine rings is 1. The molecule has 2 nitrogen and oxygen atoms in total. The zero-order valence-electron chi connectivity index (χ0n) is 11.0. The molecule has 1 heterocycles. The van der Waals surface area contributed by atoms with Gasteiger partial charge in [-0.2, -0.15) is 0 Å². The van der Waals surface area contributed by atoms with E-state index in [1.165, 1.54) is 25.9 Å². The van der Waals surface area contributed by atoms with Crippen molar-refractivity contribution in [2.24, 2.45) is 5.92 Å². The summed E-state index contributed by atoms with van der Waals surface area (Å²) in [5.41, 5.74) is 0.0230. The van der Waals surface area contributed by atoms with Gasteiger partial charge in [0.15, 0.2) is 0 Å². The third kappa shape index (κ3) is 4.98. The van der Waals surface area contributed by atoms with Gasteiger partial charge in [0.2, 0.25) is 0 Å². The van der Waals surface area contributed by atoms with Gasteiger partial charge in [-0.3, -0.25) is 0 Å². The molecule has 15 heavy (non-hydrogen) atoms. The summed E-state index contributed by atoms with van der Waals surface area (Å²) in [6.45, 7) is 14.4. The Morgan fingerprint density at radius 1 is 1.20 bits per heavy atom. The smallest absolute Gasteiger partial charge is 0.0598 e. The van der Waals surface area contributed by atoms with Crippen LogP contribution in [0.5, 0.6) is 0 Å². The second kappa shape index (κ2) is 5.31. The average Bonchev–Trinajstić information content (AvgIpc) is 2.14. The zero-order chi connectivity index (χ0) is 11.5. The van der Waals surface area contributed by atoms with Crippen molar-refractivity contribution < 1.29 is 4.74 Å². The van der Waals surface area contributed by atoms with Crippen LogP contribution in [0.4, 0.5) is 0 Å². The third-order valence-corrected chi connectivity index (χ3v) is 3.13. The Bertz CT molecular complexity index is 175. The highest BCUT2D eigenvalue weighted by Gasteiger charge is 2.22. The summed E-state index contributed by atoms with van der Waals surface area (Å²) in [6.07, 6.45) is 2.60. The van der Waals surface area contributed by atoms with Crippen molar-refractivity contribution in [2.45, 2.75) is 59.1 Å². The van der Waals surface area contributed by atoms with Gasteiger partial charge in [-0.15, -0.1) is 0 Å². The lowest BCUT2D eigenvalue weighted by Gasteiger charge is -2.35. The van der Waals surface area contributed by atoms with E-state index < -0.39 is 0 Å². The van der Waals surface area contributed by atoms with E-state index in [0.717, 1.165) is 12.5 Å². The SMILES string of the molecule is CC(C)N1CCC(COC(C)(C)C)CC1. The summed E-state index contributed by atoms with van der Waals surface area (Å²) in [4.78, 5) is 2.56. The highest BCUT2D eigenvalue weighted by Crippen LogP contribution is 2.21. The number of nitrogens with zero attached hydrogens (tertiary/aromatic N) is 1. The summed E-state index contributed by atoms with van der Waals surface area (Å²) in [6, 6.07) is 0.703. The fourth-order valence-electron chi connectivity index (χ4n) is 2.00. The van der Waals surface area contributed by atoms with E-state index in [1.54, 1.807) is 0 Å². The predicted molar refractivity (Wildman–Crippen MR) is 65.1 cm³/mol. The molecule has 0 atom stereocenters. The lowest BCUT2D eigenvalue weighted by atomic mass is 9.96. The van der Waals surface area contributed by atoms with Crippen LogP contribution in [-0.4, -0.2) is 36.2 Å². The van der Waals surface area contributed by atoms with Crippen molar-refractivity contribution in [1.29, 1.82) is 0 Å². The van der Waals surface area contributed by atoms with E-state index in [1.807, 2.05) is 0 Å². The largest absolute Gasteiger partial charge is 0.376 e. The first-order chi connectivity index (χ1) is 6.88. The summed E-state index contributed by atoms with van der Waals surface area (Å²) in [5.74, 6) is 0.777. The van der Waals surface area contributed by atoms with Crippen LogP contribution >= 0.6 is 0 Å². The summed E-state index contributed by atoms with van der Waals surface area (Å²) in [7, 11) is 0. The van der Waals surface area contributed by atoms with Crippen molar-refractivity contribution in [1.82, 2.24) is 4.90 Å². The number of ether oxygens (including phenoxy) is 1. The molecule has 0 aromatic heterocycles. The molecule has 1 fully saturated rings. The summed E-state index contributed by atoms with van der Waals surface area (Å²) >= 11 is 0. The number of hydrogen-bond acceptors (Lipinski definition) is 2. The van der Waals surface area contributed by atoms with E-state index in [2.05, 4.69) is 39.5 Å². The van der Waals surface area contributed by atoms with Crippen LogP contribution in [0.2, 0.25) is 0 Å². The molecule has 0 N–H and O–H groups in total. The highest BCUT2D eigenvalue weighted by atomic mass is 16.5. The van der Waals surface area contributed by atoms with E-state index in [4.69, 9.17) is 4.74 Å². The van der Waals surface area contributed by atoms with Crippen molar-refractivity contribution >= 4 is 0 Å². The molecule has 0 aromatic rings. The van der Waals surface area contributed by atoms with Crippen LogP contribution in [0.3, 0.4) is 0 Å². The molecule has 0 unspecified atom stereocenters. The van der Waals surface area contributed by atoms with Crippen molar-refractivity contribution in [3.05, 3.63) is 0 Å². The number of hydrogen-bond donors (Lipinski definition) is 0. The Hall–Kier alpha value is -0.0800. The van der Waals surface area contributed by atoms with Gasteiger partial charge in [-0.1, -0.05) is 0 Å². The highest BCUT2D eigenvalue weighted by molar-refractivity contribution is 4.75. The first-order valence-corrected chi connectivity index (χ1v) is 6.26. The molecule has 1 saturated heterocycles. The Labute approximate surface area is 95.0 Å². The maximum Gasteiger partial charge on any atom is 0.0598 e. The third-order valence-electron chi connectivity index (χ3n) is 3.13. The Morgan fingerprint density at radius 2 is 1.73 bits per heavy atom. The minimum atomic E-state index is 0.0230.